The molecular weight excluding hydrogens is 404 g/mol. The summed E-state index contributed by atoms with van der Waals surface area (Å²) in [4.78, 5) is 29.7. The van der Waals surface area contributed by atoms with Crippen LogP contribution in [0.15, 0.2) is 108 Å². The van der Waals surface area contributed by atoms with Gasteiger partial charge in [-0.3, -0.25) is 19.9 Å². The largest absolute Gasteiger partial charge is 0.355 e. The molecule has 0 spiro atoms. The van der Waals surface area contributed by atoms with Crippen LogP contribution in [-0.2, 0) is 0 Å². The van der Waals surface area contributed by atoms with E-state index >= 15 is 0 Å². The Morgan fingerprint density at radius 1 is 0.531 bits per heavy atom. The molecule has 2 N–H and O–H groups in total. The maximum atomic E-state index is 12.5. The summed E-state index contributed by atoms with van der Waals surface area (Å²) in [6, 6.07) is 21.0. The van der Waals surface area contributed by atoms with Crippen LogP contribution in [-0.4, -0.2) is 37.4 Å². The van der Waals surface area contributed by atoms with Crippen LogP contribution in [0.1, 0.15) is 22.8 Å². The van der Waals surface area contributed by atoms with Crippen LogP contribution < -0.4 is 10.9 Å². The Morgan fingerprint density at radius 3 is 1.09 bits per heavy atom. The minimum atomic E-state index is -0.640. The molecule has 4 aromatic rings. The summed E-state index contributed by atoms with van der Waals surface area (Å²) in [5.41, 5.74) is 8.00. The first kappa shape index (κ1) is 20.5. The Labute approximate surface area is 184 Å². The Hall–Kier alpha value is -4.79. The van der Waals surface area contributed by atoms with Gasteiger partial charge in [-0.15, -0.1) is 0 Å². The minimum absolute atomic E-state index is 0.417. The normalized spacial score (nSPS) is 10.0. The van der Waals surface area contributed by atoms with Crippen molar-refractivity contribution in [1.82, 2.24) is 30.8 Å². The molecular formula is C23H18N8O. The molecule has 4 aromatic heterocycles. The SMILES string of the molecule is O=C(NN=C(c1ccccn1)c1ccccn1)NN=C(c1ccccn1)c1ccccn1. The summed E-state index contributed by atoms with van der Waals surface area (Å²) in [5, 5.41) is 8.43. The number of hydrazone groups is 2. The van der Waals surface area contributed by atoms with Gasteiger partial charge < -0.3 is 0 Å². The summed E-state index contributed by atoms with van der Waals surface area (Å²) < 4.78 is 0. The summed E-state index contributed by atoms with van der Waals surface area (Å²) in [6.07, 6.45) is 6.57. The van der Waals surface area contributed by atoms with E-state index in [1.54, 1.807) is 73.3 Å². The number of amides is 2. The molecule has 0 saturated heterocycles. The van der Waals surface area contributed by atoms with E-state index in [2.05, 4.69) is 41.0 Å². The number of rotatable bonds is 6. The quantitative estimate of drug-likeness (QED) is 0.366. The van der Waals surface area contributed by atoms with E-state index in [-0.39, 0.29) is 0 Å². The molecule has 0 fully saturated rings. The monoisotopic (exact) mass is 422 g/mol. The number of urea groups is 1. The fraction of sp³-hybridized carbons (Fsp3) is 0. The summed E-state index contributed by atoms with van der Waals surface area (Å²) >= 11 is 0. The van der Waals surface area contributed by atoms with E-state index in [4.69, 9.17) is 0 Å². The molecule has 9 nitrogen and oxygen atoms in total. The molecule has 0 saturated carbocycles. The van der Waals surface area contributed by atoms with Crippen LogP contribution in [0.5, 0.6) is 0 Å². The number of pyridine rings is 4. The third kappa shape index (κ3) is 5.22. The number of nitrogens with one attached hydrogen (secondary N) is 2. The first-order valence-electron chi connectivity index (χ1n) is 9.68. The lowest BCUT2D eigenvalue weighted by molar-refractivity contribution is 0.242. The van der Waals surface area contributed by atoms with E-state index in [1.165, 1.54) is 0 Å². The molecule has 0 atom stereocenters. The van der Waals surface area contributed by atoms with Gasteiger partial charge in [0, 0.05) is 24.8 Å². The van der Waals surface area contributed by atoms with Crippen molar-refractivity contribution in [2.24, 2.45) is 10.2 Å². The highest BCUT2D eigenvalue weighted by Crippen LogP contribution is 2.07. The first-order chi connectivity index (χ1) is 15.8. The zero-order chi connectivity index (χ0) is 22.0. The highest BCUT2D eigenvalue weighted by Gasteiger charge is 2.12. The van der Waals surface area contributed by atoms with Crippen molar-refractivity contribution < 1.29 is 4.79 Å². The van der Waals surface area contributed by atoms with Gasteiger partial charge in [0.2, 0.25) is 0 Å². The molecule has 0 aliphatic carbocycles. The lowest BCUT2D eigenvalue weighted by Gasteiger charge is -2.07. The van der Waals surface area contributed by atoms with Crippen LogP contribution in [0.3, 0.4) is 0 Å². The molecule has 0 aromatic carbocycles. The topological polar surface area (TPSA) is 117 Å². The number of carbonyl (C=O) groups excluding carboxylic acids is 1. The predicted molar refractivity (Wildman–Crippen MR) is 120 cm³/mol. The Kier molecular flexibility index (Phi) is 6.59. The average molecular weight is 422 g/mol. The second-order valence-corrected chi connectivity index (χ2v) is 6.33. The van der Waals surface area contributed by atoms with Crippen molar-refractivity contribution >= 4 is 17.5 Å². The van der Waals surface area contributed by atoms with Gasteiger partial charge in [0.1, 0.15) is 11.4 Å². The van der Waals surface area contributed by atoms with Gasteiger partial charge in [0.05, 0.1) is 22.8 Å². The number of carbonyl (C=O) groups is 1. The molecule has 0 bridgehead atoms. The van der Waals surface area contributed by atoms with Gasteiger partial charge in [0.25, 0.3) is 0 Å². The van der Waals surface area contributed by atoms with Gasteiger partial charge in [0.15, 0.2) is 0 Å². The average Bonchev–Trinajstić information content (AvgIpc) is 2.87. The molecule has 4 heterocycles. The lowest BCUT2D eigenvalue weighted by atomic mass is 10.1. The van der Waals surface area contributed by atoms with Gasteiger partial charge >= 0.3 is 6.03 Å². The van der Waals surface area contributed by atoms with Crippen LogP contribution in [0.4, 0.5) is 4.79 Å². The molecule has 0 radical (unpaired) electrons. The molecule has 0 aliphatic heterocycles. The molecule has 32 heavy (non-hydrogen) atoms. The van der Waals surface area contributed by atoms with E-state index < -0.39 is 6.03 Å². The van der Waals surface area contributed by atoms with Crippen molar-refractivity contribution in [3.63, 3.8) is 0 Å². The van der Waals surface area contributed by atoms with Crippen LogP contribution in [0.2, 0.25) is 0 Å². The van der Waals surface area contributed by atoms with E-state index in [9.17, 15) is 4.79 Å². The van der Waals surface area contributed by atoms with Gasteiger partial charge in [-0.1, -0.05) is 24.3 Å². The zero-order valence-corrected chi connectivity index (χ0v) is 16.8. The molecule has 2 amide bonds. The fourth-order valence-corrected chi connectivity index (χ4v) is 2.74. The molecule has 156 valence electrons. The third-order valence-electron chi connectivity index (χ3n) is 4.17. The smallest absolute Gasteiger partial charge is 0.254 e. The number of hydrogen-bond acceptors (Lipinski definition) is 7. The van der Waals surface area contributed by atoms with E-state index in [1.807, 2.05) is 24.3 Å². The Bertz CT molecular complexity index is 1030. The van der Waals surface area contributed by atoms with Crippen molar-refractivity contribution in [3.05, 3.63) is 120 Å². The molecule has 9 heteroatoms. The maximum absolute atomic E-state index is 12.5. The van der Waals surface area contributed by atoms with Crippen LogP contribution in [0.25, 0.3) is 0 Å². The highest BCUT2D eigenvalue weighted by atomic mass is 16.2. The molecule has 4 rings (SSSR count). The fourth-order valence-electron chi connectivity index (χ4n) is 2.74. The minimum Gasteiger partial charge on any atom is -0.254 e. The van der Waals surface area contributed by atoms with Crippen LogP contribution >= 0.6 is 0 Å². The first-order valence-corrected chi connectivity index (χ1v) is 9.68. The Balaban J connectivity index is 1.57. The second-order valence-electron chi connectivity index (χ2n) is 6.33. The van der Waals surface area contributed by atoms with Crippen molar-refractivity contribution in [2.75, 3.05) is 0 Å². The van der Waals surface area contributed by atoms with E-state index in [0.717, 1.165) is 0 Å². The number of hydrogen-bond donors (Lipinski definition) is 2. The highest BCUT2D eigenvalue weighted by molar-refractivity contribution is 6.11. The van der Waals surface area contributed by atoms with Crippen molar-refractivity contribution in [3.8, 4) is 0 Å². The molecule has 0 aliphatic rings. The number of aromatic nitrogens is 4. The maximum Gasteiger partial charge on any atom is 0.355 e. The van der Waals surface area contributed by atoms with Crippen molar-refractivity contribution in [2.45, 2.75) is 0 Å². The summed E-state index contributed by atoms with van der Waals surface area (Å²) in [5.74, 6) is 0. The second kappa shape index (κ2) is 10.3. The van der Waals surface area contributed by atoms with Gasteiger partial charge in [-0.25, -0.2) is 15.6 Å². The Morgan fingerprint density at radius 2 is 0.844 bits per heavy atom. The van der Waals surface area contributed by atoms with E-state index in [0.29, 0.717) is 34.2 Å². The third-order valence-corrected chi connectivity index (χ3v) is 4.17. The predicted octanol–water partition coefficient (Wildman–Crippen LogP) is 2.77. The van der Waals surface area contributed by atoms with Gasteiger partial charge in [-0.2, -0.15) is 10.2 Å². The zero-order valence-electron chi connectivity index (χ0n) is 16.8. The standard InChI is InChI=1S/C23H18N8O/c32-23(30-28-21(17-9-1-5-13-24-17)18-10-2-6-14-25-18)31-29-22(19-11-3-7-15-26-19)20-12-4-8-16-27-20/h1-16H,(H2,30,31,32). The van der Waals surface area contributed by atoms with Crippen molar-refractivity contribution in [1.29, 1.82) is 0 Å². The summed E-state index contributed by atoms with van der Waals surface area (Å²) in [6.45, 7) is 0. The van der Waals surface area contributed by atoms with Crippen LogP contribution in [0, 0.1) is 0 Å². The lowest BCUT2D eigenvalue weighted by Crippen LogP contribution is -2.31. The summed E-state index contributed by atoms with van der Waals surface area (Å²) in [7, 11) is 0. The van der Waals surface area contributed by atoms with Gasteiger partial charge in [-0.05, 0) is 48.5 Å². The molecule has 0 unspecified atom stereocenters. The number of nitrogens with zero attached hydrogens (tertiary/aromatic N) is 6.